The highest BCUT2D eigenvalue weighted by Crippen LogP contribution is 2.15. The third kappa shape index (κ3) is 70.5. The first kappa shape index (κ1) is 91.2. The van der Waals surface area contributed by atoms with E-state index in [0.29, 0.717) is 104 Å². The Labute approximate surface area is 583 Å². The van der Waals surface area contributed by atoms with Crippen molar-refractivity contribution in [3.8, 4) is 0 Å². The van der Waals surface area contributed by atoms with Crippen molar-refractivity contribution >= 4 is 29.5 Å². The highest BCUT2D eigenvalue weighted by atomic mass is 16.2. The maximum atomic E-state index is 13.4. The van der Waals surface area contributed by atoms with Gasteiger partial charge in [0.25, 0.3) is 0 Å². The van der Waals surface area contributed by atoms with Crippen LogP contribution < -0.4 is 31.9 Å². The Hall–Kier alpha value is -2.81. The van der Waals surface area contributed by atoms with E-state index >= 15 is 0 Å². The summed E-state index contributed by atoms with van der Waals surface area (Å²) in [6.07, 6.45) is 63.9. The van der Waals surface area contributed by atoms with Crippen LogP contribution in [0, 0.1) is 0 Å². The average Bonchev–Trinajstić information content (AvgIpc) is 3.73. The van der Waals surface area contributed by atoms with Gasteiger partial charge in [-0.2, -0.15) is 0 Å². The first-order valence-electron chi connectivity index (χ1n) is 41.4. The van der Waals surface area contributed by atoms with Crippen LogP contribution in [0.15, 0.2) is 0 Å². The predicted molar refractivity (Wildman–Crippen MR) is 405 cm³/mol. The van der Waals surface area contributed by atoms with Gasteiger partial charge in [-0.05, 0) is 32.1 Å². The number of rotatable bonds is 78. The predicted octanol–water partition coefficient (Wildman–Crippen LogP) is 18.2. The van der Waals surface area contributed by atoms with Crippen molar-refractivity contribution in [2.45, 2.75) is 381 Å². The van der Waals surface area contributed by atoms with Gasteiger partial charge in [0.2, 0.25) is 29.5 Å². The van der Waals surface area contributed by atoms with E-state index < -0.39 is 0 Å². The lowest BCUT2D eigenvalue weighted by Gasteiger charge is -2.28. The zero-order chi connectivity index (χ0) is 68.4. The molecule has 0 aliphatic heterocycles. The number of unbranched alkanes of at least 4 members (excludes halogenated alkanes) is 44. The summed E-state index contributed by atoms with van der Waals surface area (Å²) >= 11 is 0. The summed E-state index contributed by atoms with van der Waals surface area (Å²) in [4.78, 5) is 73.2. The molecule has 0 aromatic rings. The van der Waals surface area contributed by atoms with Crippen LogP contribution in [0.2, 0.25) is 0 Å². The van der Waals surface area contributed by atoms with E-state index in [1.54, 1.807) is 0 Å². The van der Waals surface area contributed by atoms with Gasteiger partial charge in [0.1, 0.15) is 0 Å². The second-order valence-corrected chi connectivity index (χ2v) is 28.3. The molecule has 0 saturated heterocycles. The van der Waals surface area contributed by atoms with E-state index in [9.17, 15) is 24.0 Å². The van der Waals surface area contributed by atoms with Crippen LogP contribution in [-0.4, -0.2) is 149 Å². The molecule has 14 nitrogen and oxygen atoms in total. The highest BCUT2D eigenvalue weighted by molar-refractivity contribution is 5.77. The summed E-state index contributed by atoms with van der Waals surface area (Å²) < 4.78 is 0. The normalized spacial score (nSPS) is 11.6. The third-order valence-corrected chi connectivity index (χ3v) is 19.2. The average molecular weight is 1330 g/mol. The van der Waals surface area contributed by atoms with Gasteiger partial charge in [-0.15, -0.1) is 0 Å². The topological polar surface area (TPSA) is 167 Å². The van der Waals surface area contributed by atoms with E-state index in [4.69, 9.17) is 0 Å². The van der Waals surface area contributed by atoms with Crippen LogP contribution in [0.3, 0.4) is 0 Å². The van der Waals surface area contributed by atoms with Gasteiger partial charge >= 0.3 is 0 Å². The summed E-state index contributed by atoms with van der Waals surface area (Å²) in [5.41, 5.74) is 0. The first-order chi connectivity index (χ1) is 46.2. The second-order valence-electron chi connectivity index (χ2n) is 28.3. The fourth-order valence-electron chi connectivity index (χ4n) is 12.7. The highest BCUT2D eigenvalue weighted by Gasteiger charge is 2.16. The molecule has 6 N–H and O–H groups in total. The van der Waals surface area contributed by atoms with Crippen molar-refractivity contribution in [1.29, 1.82) is 0 Å². The molecule has 5 amide bonds. The SMILES string of the molecule is CCCCCCCCCCCCNC(=O)CCN(CCNCCN(CCC(=O)NCCCCCCCCCCCC)CCN(CCC(=O)NCCCCCCCCCCC)CCC(=O)NCCCCCCCCCCCC)CCC(=O)NCCCCCCCCCCCC. The molecular weight excluding hydrogens is 1170 g/mol. The zero-order valence-electron chi connectivity index (χ0n) is 63.4. The maximum absolute atomic E-state index is 13.4. The van der Waals surface area contributed by atoms with Crippen molar-refractivity contribution in [1.82, 2.24) is 46.6 Å². The Bertz CT molecular complexity index is 1580. The fourth-order valence-corrected chi connectivity index (χ4v) is 12.7. The molecule has 0 unspecified atom stereocenters. The molecule has 0 fully saturated rings. The summed E-state index contributed by atoms with van der Waals surface area (Å²) in [7, 11) is 0. The lowest BCUT2D eigenvalue weighted by Crippen LogP contribution is -2.43. The van der Waals surface area contributed by atoms with E-state index in [1.165, 1.54) is 250 Å². The van der Waals surface area contributed by atoms with Crippen molar-refractivity contribution < 1.29 is 24.0 Å². The largest absolute Gasteiger partial charge is 0.356 e. The minimum absolute atomic E-state index is 0.0686. The summed E-state index contributed by atoms with van der Waals surface area (Å²) in [5, 5.41) is 19.7. The molecule has 0 heterocycles. The van der Waals surface area contributed by atoms with Gasteiger partial charge in [0.05, 0.1) is 0 Å². The van der Waals surface area contributed by atoms with Gasteiger partial charge in [-0.1, -0.05) is 317 Å². The van der Waals surface area contributed by atoms with Crippen LogP contribution in [-0.2, 0) is 24.0 Å². The Morgan fingerprint density at radius 1 is 0.181 bits per heavy atom. The molecule has 0 aliphatic rings. The van der Waals surface area contributed by atoms with Crippen molar-refractivity contribution in [2.75, 3.05) is 105 Å². The van der Waals surface area contributed by atoms with E-state index in [1.807, 2.05) is 0 Å². The number of hydrogen-bond acceptors (Lipinski definition) is 9. The lowest BCUT2D eigenvalue weighted by atomic mass is 10.1. The monoisotopic (exact) mass is 1330 g/mol. The number of carbonyl (C=O) groups is 5. The van der Waals surface area contributed by atoms with Gasteiger partial charge in [0, 0.05) is 137 Å². The van der Waals surface area contributed by atoms with Crippen LogP contribution in [0.1, 0.15) is 381 Å². The van der Waals surface area contributed by atoms with Gasteiger partial charge < -0.3 is 46.6 Å². The van der Waals surface area contributed by atoms with Gasteiger partial charge in [-0.25, -0.2) is 0 Å². The van der Waals surface area contributed by atoms with E-state index in [0.717, 1.165) is 96.9 Å². The third-order valence-electron chi connectivity index (χ3n) is 19.2. The van der Waals surface area contributed by atoms with Gasteiger partial charge in [0.15, 0.2) is 0 Å². The molecule has 0 saturated carbocycles. The van der Waals surface area contributed by atoms with E-state index in [2.05, 4.69) is 81.2 Å². The number of nitrogens with one attached hydrogen (secondary N) is 6. The number of amides is 5. The molecule has 0 bridgehead atoms. The standard InChI is InChI=1S/C80H161N9O5/c1-6-11-16-21-26-31-36-41-46-51-60-82-76(90)55-67-87(68-56-77(91)83-61-52-47-42-37-32-27-22-17-12-7-2)72-65-81-66-73-89(71-59-80(94)86-64-54-49-44-39-34-29-24-19-14-9-4)75-74-88(69-57-78(92)84-62-50-45-40-35-30-25-20-15-10-5)70-58-79(93)85-63-53-48-43-38-33-28-23-18-13-8-3/h81H,6-75H2,1-5H3,(H,82,90)(H,83,91)(H,84,92)(H,85,93)(H,86,94). The molecule has 0 rings (SSSR count). The lowest BCUT2D eigenvalue weighted by molar-refractivity contribution is -0.123. The Kier molecular flexibility index (Phi) is 73.7. The number of nitrogens with zero attached hydrogens (tertiary/aromatic N) is 3. The summed E-state index contributed by atoms with van der Waals surface area (Å²) in [5.74, 6) is 0.385. The minimum Gasteiger partial charge on any atom is -0.356 e. The Morgan fingerprint density at radius 3 is 0.511 bits per heavy atom. The molecule has 14 heteroatoms. The van der Waals surface area contributed by atoms with Crippen molar-refractivity contribution in [3.63, 3.8) is 0 Å². The smallest absolute Gasteiger partial charge is 0.221 e. The Balaban J connectivity index is 5.82. The second kappa shape index (κ2) is 76.0. The molecular formula is C80H161N9O5. The molecule has 556 valence electrons. The minimum atomic E-state index is 0.0686. The summed E-state index contributed by atoms with van der Waals surface area (Å²) in [6.45, 7) is 22.1. The molecule has 0 aromatic carbocycles. The molecule has 0 radical (unpaired) electrons. The molecule has 0 spiro atoms. The summed E-state index contributed by atoms with van der Waals surface area (Å²) in [6, 6.07) is 0. The zero-order valence-corrected chi connectivity index (χ0v) is 63.4. The molecule has 0 atom stereocenters. The molecule has 0 aromatic heterocycles. The molecule has 0 aliphatic carbocycles. The van der Waals surface area contributed by atoms with Crippen LogP contribution in [0.5, 0.6) is 0 Å². The molecule has 94 heavy (non-hydrogen) atoms. The maximum Gasteiger partial charge on any atom is 0.221 e. The first-order valence-corrected chi connectivity index (χ1v) is 41.4. The van der Waals surface area contributed by atoms with Crippen LogP contribution in [0.4, 0.5) is 0 Å². The van der Waals surface area contributed by atoms with Gasteiger partial charge in [-0.3, -0.25) is 24.0 Å². The van der Waals surface area contributed by atoms with Crippen LogP contribution >= 0.6 is 0 Å². The Morgan fingerprint density at radius 2 is 0.330 bits per heavy atom. The fraction of sp³-hybridized carbons (Fsp3) is 0.938. The van der Waals surface area contributed by atoms with E-state index in [-0.39, 0.29) is 29.5 Å². The number of carbonyl (C=O) groups excluding carboxylic acids is 5. The number of hydrogen-bond donors (Lipinski definition) is 6. The van der Waals surface area contributed by atoms with Crippen LogP contribution in [0.25, 0.3) is 0 Å². The van der Waals surface area contributed by atoms with Crippen molar-refractivity contribution in [3.05, 3.63) is 0 Å². The quantitative estimate of drug-likeness (QED) is 0.0325. The van der Waals surface area contributed by atoms with Crippen molar-refractivity contribution in [2.24, 2.45) is 0 Å².